The van der Waals surface area contributed by atoms with Gasteiger partial charge in [-0.2, -0.15) is 0 Å². The molecule has 0 radical (unpaired) electrons. The van der Waals surface area contributed by atoms with Gasteiger partial charge in [0, 0.05) is 18.9 Å². The van der Waals surface area contributed by atoms with Crippen LogP contribution in [0.1, 0.15) is 23.6 Å². The zero-order chi connectivity index (χ0) is 14.9. The van der Waals surface area contributed by atoms with E-state index < -0.39 is 0 Å². The van der Waals surface area contributed by atoms with E-state index in [0.717, 1.165) is 18.4 Å². The first kappa shape index (κ1) is 15.2. The van der Waals surface area contributed by atoms with E-state index in [0.29, 0.717) is 6.54 Å². The molecule has 4 nitrogen and oxygen atoms in total. The van der Waals surface area contributed by atoms with Crippen molar-refractivity contribution in [3.8, 4) is 0 Å². The Labute approximate surface area is 125 Å². The van der Waals surface area contributed by atoms with Gasteiger partial charge >= 0.3 is 0 Å². The van der Waals surface area contributed by atoms with Gasteiger partial charge in [-0.3, -0.25) is 9.78 Å². The fourth-order valence-corrected chi connectivity index (χ4v) is 2.25. The Bertz CT molecular complexity index is 542. The summed E-state index contributed by atoms with van der Waals surface area (Å²) in [6.45, 7) is 0.673. The number of aryl methyl sites for hydroxylation is 1. The molecule has 2 rings (SSSR count). The van der Waals surface area contributed by atoms with E-state index in [1.807, 2.05) is 42.5 Å². The van der Waals surface area contributed by atoms with Gasteiger partial charge in [0.2, 0.25) is 5.91 Å². The zero-order valence-corrected chi connectivity index (χ0v) is 12.3. The third-order valence-electron chi connectivity index (χ3n) is 3.37. The lowest BCUT2D eigenvalue weighted by atomic mass is 10.1. The van der Waals surface area contributed by atoms with Gasteiger partial charge in [-0.15, -0.1) is 0 Å². The fraction of sp³-hybridized carbons (Fsp3) is 0.294. The van der Waals surface area contributed by atoms with Crippen LogP contribution in [0, 0.1) is 0 Å². The molecule has 21 heavy (non-hydrogen) atoms. The lowest BCUT2D eigenvalue weighted by molar-refractivity contribution is -0.123. The van der Waals surface area contributed by atoms with Gasteiger partial charge in [0.15, 0.2) is 0 Å². The SMILES string of the molecule is CN[C@@H](C(=O)NCCCc1ccncc1)c1ccccc1. The van der Waals surface area contributed by atoms with Crippen LogP contribution in [0.25, 0.3) is 0 Å². The molecular weight excluding hydrogens is 262 g/mol. The van der Waals surface area contributed by atoms with Crippen LogP contribution in [0.15, 0.2) is 54.9 Å². The smallest absolute Gasteiger partial charge is 0.241 e. The second-order valence-corrected chi connectivity index (χ2v) is 4.88. The molecule has 0 aliphatic rings. The molecule has 1 amide bonds. The first-order valence-corrected chi connectivity index (χ1v) is 7.20. The summed E-state index contributed by atoms with van der Waals surface area (Å²) >= 11 is 0. The minimum atomic E-state index is -0.299. The molecule has 1 aromatic heterocycles. The minimum Gasteiger partial charge on any atom is -0.354 e. The number of aromatic nitrogens is 1. The number of carbonyl (C=O) groups is 1. The van der Waals surface area contributed by atoms with E-state index in [9.17, 15) is 4.79 Å². The second kappa shape index (κ2) is 8.17. The van der Waals surface area contributed by atoms with Crippen LogP contribution in [0.5, 0.6) is 0 Å². The van der Waals surface area contributed by atoms with Crippen molar-refractivity contribution in [3.63, 3.8) is 0 Å². The predicted molar refractivity (Wildman–Crippen MR) is 83.8 cm³/mol. The molecule has 4 heteroatoms. The lowest BCUT2D eigenvalue weighted by Crippen LogP contribution is -2.36. The number of likely N-dealkylation sites (N-methyl/N-ethyl adjacent to an activating group) is 1. The second-order valence-electron chi connectivity index (χ2n) is 4.88. The number of benzene rings is 1. The van der Waals surface area contributed by atoms with Gasteiger partial charge in [0.05, 0.1) is 0 Å². The Hall–Kier alpha value is -2.20. The van der Waals surface area contributed by atoms with Gasteiger partial charge in [0.25, 0.3) is 0 Å². The summed E-state index contributed by atoms with van der Waals surface area (Å²) in [6.07, 6.45) is 5.44. The van der Waals surface area contributed by atoms with Crippen molar-refractivity contribution in [2.45, 2.75) is 18.9 Å². The average Bonchev–Trinajstić information content (AvgIpc) is 2.54. The summed E-state index contributed by atoms with van der Waals surface area (Å²) < 4.78 is 0. The van der Waals surface area contributed by atoms with E-state index >= 15 is 0 Å². The third kappa shape index (κ3) is 4.68. The maximum Gasteiger partial charge on any atom is 0.241 e. The highest BCUT2D eigenvalue weighted by molar-refractivity contribution is 5.83. The summed E-state index contributed by atoms with van der Waals surface area (Å²) in [4.78, 5) is 16.2. The summed E-state index contributed by atoms with van der Waals surface area (Å²) in [5, 5.41) is 6.04. The molecule has 1 atom stereocenters. The van der Waals surface area contributed by atoms with Gasteiger partial charge < -0.3 is 10.6 Å². The molecular formula is C17H21N3O. The number of amides is 1. The van der Waals surface area contributed by atoms with Crippen molar-refractivity contribution in [1.82, 2.24) is 15.6 Å². The highest BCUT2D eigenvalue weighted by atomic mass is 16.2. The number of hydrogen-bond donors (Lipinski definition) is 2. The number of nitrogens with one attached hydrogen (secondary N) is 2. The standard InChI is InChI=1S/C17H21N3O/c1-18-16(15-7-3-2-4-8-15)17(21)20-11-5-6-14-9-12-19-13-10-14/h2-4,7-10,12-13,16,18H,5-6,11H2,1H3,(H,20,21)/t16-/m1/s1. The van der Waals surface area contributed by atoms with Crippen molar-refractivity contribution >= 4 is 5.91 Å². The average molecular weight is 283 g/mol. The van der Waals surface area contributed by atoms with Gasteiger partial charge in [-0.05, 0) is 43.1 Å². The molecule has 1 aromatic carbocycles. The molecule has 0 unspecified atom stereocenters. The van der Waals surface area contributed by atoms with Crippen LogP contribution in [0.2, 0.25) is 0 Å². The van der Waals surface area contributed by atoms with E-state index in [1.54, 1.807) is 19.4 Å². The Morgan fingerprint density at radius 1 is 1.14 bits per heavy atom. The number of carbonyl (C=O) groups excluding carboxylic acids is 1. The molecule has 0 spiro atoms. The van der Waals surface area contributed by atoms with Crippen LogP contribution in [0.4, 0.5) is 0 Å². The number of rotatable bonds is 7. The highest BCUT2D eigenvalue weighted by Crippen LogP contribution is 2.11. The first-order chi connectivity index (χ1) is 10.3. The van der Waals surface area contributed by atoms with E-state index in [2.05, 4.69) is 15.6 Å². The van der Waals surface area contributed by atoms with Gasteiger partial charge in [0.1, 0.15) is 6.04 Å². The molecule has 2 N–H and O–H groups in total. The van der Waals surface area contributed by atoms with E-state index in [1.165, 1.54) is 5.56 Å². The topological polar surface area (TPSA) is 54.0 Å². The minimum absolute atomic E-state index is 0.0124. The molecule has 0 aliphatic heterocycles. The maximum atomic E-state index is 12.2. The quantitative estimate of drug-likeness (QED) is 0.765. The normalized spacial score (nSPS) is 11.9. The Kier molecular flexibility index (Phi) is 5.91. The van der Waals surface area contributed by atoms with Crippen molar-refractivity contribution in [1.29, 1.82) is 0 Å². The number of nitrogens with zero attached hydrogens (tertiary/aromatic N) is 1. The number of hydrogen-bond acceptors (Lipinski definition) is 3. The molecule has 1 heterocycles. The van der Waals surface area contributed by atoms with Crippen LogP contribution in [0.3, 0.4) is 0 Å². The molecule has 0 bridgehead atoms. The van der Waals surface area contributed by atoms with Crippen LogP contribution in [-0.4, -0.2) is 24.5 Å². The Morgan fingerprint density at radius 2 is 1.86 bits per heavy atom. The molecule has 0 saturated heterocycles. The summed E-state index contributed by atoms with van der Waals surface area (Å²) in [5.74, 6) is 0.0124. The summed E-state index contributed by atoms with van der Waals surface area (Å²) in [6, 6.07) is 13.4. The zero-order valence-electron chi connectivity index (χ0n) is 12.3. The molecule has 2 aromatic rings. The van der Waals surface area contributed by atoms with Crippen molar-refractivity contribution in [2.24, 2.45) is 0 Å². The number of pyridine rings is 1. The maximum absolute atomic E-state index is 12.2. The first-order valence-electron chi connectivity index (χ1n) is 7.20. The Balaban J connectivity index is 1.78. The van der Waals surface area contributed by atoms with Crippen molar-refractivity contribution in [2.75, 3.05) is 13.6 Å². The van der Waals surface area contributed by atoms with Crippen molar-refractivity contribution < 1.29 is 4.79 Å². The molecule has 0 aliphatic carbocycles. The Morgan fingerprint density at radius 3 is 2.52 bits per heavy atom. The van der Waals surface area contributed by atoms with E-state index in [4.69, 9.17) is 0 Å². The molecule has 0 fully saturated rings. The highest BCUT2D eigenvalue weighted by Gasteiger charge is 2.17. The third-order valence-corrected chi connectivity index (χ3v) is 3.37. The van der Waals surface area contributed by atoms with Crippen LogP contribution >= 0.6 is 0 Å². The van der Waals surface area contributed by atoms with Crippen LogP contribution < -0.4 is 10.6 Å². The lowest BCUT2D eigenvalue weighted by Gasteiger charge is -2.16. The summed E-state index contributed by atoms with van der Waals surface area (Å²) in [5.41, 5.74) is 2.22. The van der Waals surface area contributed by atoms with Gasteiger partial charge in [-0.25, -0.2) is 0 Å². The molecule has 110 valence electrons. The predicted octanol–water partition coefficient (Wildman–Crippen LogP) is 2.09. The van der Waals surface area contributed by atoms with E-state index in [-0.39, 0.29) is 11.9 Å². The van der Waals surface area contributed by atoms with Crippen LogP contribution in [-0.2, 0) is 11.2 Å². The molecule has 0 saturated carbocycles. The van der Waals surface area contributed by atoms with Crippen molar-refractivity contribution in [3.05, 3.63) is 66.0 Å². The summed E-state index contributed by atoms with van der Waals surface area (Å²) in [7, 11) is 1.80. The fourth-order valence-electron chi connectivity index (χ4n) is 2.25. The monoisotopic (exact) mass is 283 g/mol. The largest absolute Gasteiger partial charge is 0.354 e. The van der Waals surface area contributed by atoms with Gasteiger partial charge in [-0.1, -0.05) is 30.3 Å².